The number of thiazole rings is 1. The van der Waals surface area contributed by atoms with E-state index in [1.165, 1.54) is 0 Å². The Bertz CT molecular complexity index is 935. The maximum absolute atomic E-state index is 10.2. The summed E-state index contributed by atoms with van der Waals surface area (Å²) in [5.41, 5.74) is 3.47. The molecule has 1 saturated heterocycles. The molecule has 3 aromatic rings. The van der Waals surface area contributed by atoms with E-state index in [4.69, 9.17) is 14.2 Å². The van der Waals surface area contributed by atoms with Crippen LogP contribution >= 0.6 is 11.3 Å². The second-order valence-corrected chi connectivity index (χ2v) is 7.37. The molecule has 4 rings (SSSR count). The first kappa shape index (κ1) is 17.7. The van der Waals surface area contributed by atoms with E-state index in [-0.39, 0.29) is 11.9 Å². The van der Waals surface area contributed by atoms with Crippen LogP contribution in [0.1, 0.15) is 12.8 Å². The topological polar surface area (TPSA) is 64.1 Å². The number of phenols is 1. The Morgan fingerprint density at radius 3 is 2.59 bits per heavy atom. The van der Waals surface area contributed by atoms with Crippen LogP contribution in [0.2, 0.25) is 0 Å². The minimum Gasteiger partial charge on any atom is -0.506 e. The largest absolute Gasteiger partial charge is 0.506 e. The van der Waals surface area contributed by atoms with Gasteiger partial charge in [-0.3, -0.25) is 0 Å². The number of rotatable bonds is 5. The second kappa shape index (κ2) is 7.52. The van der Waals surface area contributed by atoms with Crippen LogP contribution in [0, 0.1) is 0 Å². The molecule has 0 bridgehead atoms. The number of phenolic OH excluding ortho intramolecular Hbond substituents is 1. The molecule has 27 heavy (non-hydrogen) atoms. The highest BCUT2D eigenvalue weighted by Crippen LogP contribution is 2.35. The Kier molecular flexibility index (Phi) is 4.94. The highest BCUT2D eigenvalue weighted by atomic mass is 32.1. The van der Waals surface area contributed by atoms with Gasteiger partial charge in [0, 0.05) is 43.8 Å². The number of aromatic nitrogens is 1. The van der Waals surface area contributed by atoms with E-state index in [0.29, 0.717) is 17.0 Å². The lowest BCUT2D eigenvalue weighted by Gasteiger charge is -2.33. The molecule has 0 amide bonds. The van der Waals surface area contributed by atoms with Gasteiger partial charge in [-0.1, -0.05) is 0 Å². The van der Waals surface area contributed by atoms with Gasteiger partial charge in [-0.05, 0) is 18.2 Å². The fourth-order valence-electron chi connectivity index (χ4n) is 3.43. The molecule has 0 saturated carbocycles. The number of hydrogen-bond donors (Lipinski definition) is 1. The predicted molar refractivity (Wildman–Crippen MR) is 107 cm³/mol. The van der Waals surface area contributed by atoms with Crippen molar-refractivity contribution in [1.29, 1.82) is 0 Å². The standard InChI is InChI=1S/C20H22N2O4S/c1-24-17-4-3-15(11-18(17)25-2)26-14-5-7-22(8-6-14)13-9-16(23)20-19(10-13)27-12-21-20/h3-4,9-12,14,23H,5-8H2,1-2H3. The van der Waals surface area contributed by atoms with E-state index in [2.05, 4.69) is 16.0 Å². The highest BCUT2D eigenvalue weighted by Gasteiger charge is 2.22. The minimum absolute atomic E-state index is 0.153. The van der Waals surface area contributed by atoms with Crippen LogP contribution in [-0.2, 0) is 0 Å². The van der Waals surface area contributed by atoms with Crippen molar-refractivity contribution >= 4 is 27.2 Å². The smallest absolute Gasteiger partial charge is 0.164 e. The molecule has 0 radical (unpaired) electrons. The van der Waals surface area contributed by atoms with Crippen LogP contribution in [0.25, 0.3) is 10.2 Å². The summed E-state index contributed by atoms with van der Waals surface area (Å²) in [4.78, 5) is 6.49. The number of nitrogens with zero attached hydrogens (tertiary/aromatic N) is 2. The molecule has 2 heterocycles. The van der Waals surface area contributed by atoms with Gasteiger partial charge in [0.2, 0.25) is 0 Å². The number of hydrogen-bond acceptors (Lipinski definition) is 7. The van der Waals surface area contributed by atoms with Crippen molar-refractivity contribution in [3.63, 3.8) is 0 Å². The quantitative estimate of drug-likeness (QED) is 0.713. The van der Waals surface area contributed by atoms with Crippen molar-refractivity contribution in [3.05, 3.63) is 35.8 Å². The Morgan fingerprint density at radius 1 is 1.07 bits per heavy atom. The highest BCUT2D eigenvalue weighted by molar-refractivity contribution is 7.16. The van der Waals surface area contributed by atoms with Gasteiger partial charge in [0.1, 0.15) is 23.1 Å². The van der Waals surface area contributed by atoms with Crippen LogP contribution in [0.5, 0.6) is 23.0 Å². The fraction of sp³-hybridized carbons (Fsp3) is 0.350. The minimum atomic E-state index is 0.153. The molecule has 1 aromatic heterocycles. The molecular weight excluding hydrogens is 364 g/mol. The molecule has 0 unspecified atom stereocenters. The Morgan fingerprint density at radius 2 is 1.85 bits per heavy atom. The van der Waals surface area contributed by atoms with Gasteiger partial charge in [-0.15, -0.1) is 11.3 Å². The Hall–Kier alpha value is -2.67. The van der Waals surface area contributed by atoms with Gasteiger partial charge in [0.05, 0.1) is 24.4 Å². The van der Waals surface area contributed by atoms with Crippen molar-refractivity contribution in [2.24, 2.45) is 0 Å². The summed E-state index contributed by atoms with van der Waals surface area (Å²) in [7, 11) is 3.24. The van der Waals surface area contributed by atoms with Crippen molar-refractivity contribution in [3.8, 4) is 23.0 Å². The molecule has 1 aliphatic rings. The number of piperidine rings is 1. The third-order valence-electron chi connectivity index (χ3n) is 4.87. The number of ether oxygens (including phenoxy) is 3. The molecule has 0 spiro atoms. The first-order valence-electron chi connectivity index (χ1n) is 8.88. The summed E-state index contributed by atoms with van der Waals surface area (Å²) >= 11 is 1.54. The summed E-state index contributed by atoms with van der Waals surface area (Å²) < 4.78 is 17.8. The van der Waals surface area contributed by atoms with Crippen LogP contribution in [0.4, 0.5) is 5.69 Å². The molecule has 1 aliphatic heterocycles. The lowest BCUT2D eigenvalue weighted by Crippen LogP contribution is -2.38. The maximum atomic E-state index is 10.2. The first-order chi connectivity index (χ1) is 13.2. The van der Waals surface area contributed by atoms with Crippen LogP contribution in [0.3, 0.4) is 0 Å². The second-order valence-electron chi connectivity index (χ2n) is 6.49. The molecular formula is C20H22N2O4S. The van der Waals surface area contributed by atoms with E-state index >= 15 is 0 Å². The molecule has 1 N–H and O–H groups in total. The molecule has 1 fully saturated rings. The summed E-state index contributed by atoms with van der Waals surface area (Å²) in [6.07, 6.45) is 1.98. The van der Waals surface area contributed by atoms with E-state index in [1.54, 1.807) is 37.1 Å². The third kappa shape index (κ3) is 3.60. The molecule has 7 heteroatoms. The zero-order valence-electron chi connectivity index (χ0n) is 15.3. The lowest BCUT2D eigenvalue weighted by atomic mass is 10.1. The Balaban J connectivity index is 1.41. The molecule has 0 atom stereocenters. The van der Waals surface area contributed by atoms with E-state index in [9.17, 15) is 5.11 Å². The summed E-state index contributed by atoms with van der Waals surface area (Å²) in [6.45, 7) is 1.75. The molecule has 0 aliphatic carbocycles. The van der Waals surface area contributed by atoms with Crippen LogP contribution in [0.15, 0.2) is 35.8 Å². The summed E-state index contributed by atoms with van der Waals surface area (Å²) in [5, 5.41) is 10.2. The summed E-state index contributed by atoms with van der Waals surface area (Å²) in [6, 6.07) is 9.53. The average molecular weight is 386 g/mol. The molecule has 6 nitrogen and oxygen atoms in total. The monoisotopic (exact) mass is 386 g/mol. The van der Waals surface area contributed by atoms with Crippen molar-refractivity contribution in [1.82, 2.24) is 4.98 Å². The van der Waals surface area contributed by atoms with Gasteiger partial charge in [-0.2, -0.15) is 0 Å². The number of methoxy groups -OCH3 is 2. The lowest BCUT2D eigenvalue weighted by molar-refractivity contribution is 0.170. The van der Waals surface area contributed by atoms with Crippen LogP contribution < -0.4 is 19.1 Å². The number of anilines is 1. The zero-order valence-corrected chi connectivity index (χ0v) is 16.2. The number of fused-ring (bicyclic) bond motifs is 1. The van der Waals surface area contributed by atoms with Gasteiger partial charge >= 0.3 is 0 Å². The average Bonchev–Trinajstić information content (AvgIpc) is 3.18. The Labute approximate surface area is 161 Å². The van der Waals surface area contributed by atoms with Gasteiger partial charge in [0.25, 0.3) is 0 Å². The normalized spacial score (nSPS) is 15.1. The fourth-order valence-corrected chi connectivity index (χ4v) is 4.16. The first-order valence-corrected chi connectivity index (χ1v) is 9.75. The SMILES string of the molecule is COc1ccc(OC2CCN(c3cc(O)c4ncsc4c3)CC2)cc1OC. The maximum Gasteiger partial charge on any atom is 0.164 e. The van der Waals surface area contributed by atoms with Gasteiger partial charge in [-0.25, -0.2) is 4.98 Å². The van der Waals surface area contributed by atoms with Crippen LogP contribution in [-0.4, -0.2) is 43.5 Å². The molecule has 142 valence electrons. The van der Waals surface area contributed by atoms with Crippen molar-refractivity contribution in [2.75, 3.05) is 32.2 Å². The van der Waals surface area contributed by atoms with E-state index < -0.39 is 0 Å². The molecule has 2 aromatic carbocycles. The number of benzene rings is 2. The van der Waals surface area contributed by atoms with E-state index in [1.807, 2.05) is 18.2 Å². The van der Waals surface area contributed by atoms with Crippen molar-refractivity contribution in [2.45, 2.75) is 18.9 Å². The van der Waals surface area contributed by atoms with E-state index in [0.717, 1.165) is 42.1 Å². The third-order valence-corrected chi connectivity index (χ3v) is 5.64. The van der Waals surface area contributed by atoms with Gasteiger partial charge < -0.3 is 24.2 Å². The van der Waals surface area contributed by atoms with Crippen molar-refractivity contribution < 1.29 is 19.3 Å². The number of aromatic hydroxyl groups is 1. The summed E-state index contributed by atoms with van der Waals surface area (Å²) in [5.74, 6) is 2.39. The van der Waals surface area contributed by atoms with Gasteiger partial charge in [0.15, 0.2) is 11.5 Å². The predicted octanol–water partition coefficient (Wildman–Crippen LogP) is 4.07. The zero-order chi connectivity index (χ0) is 18.8.